The lowest BCUT2D eigenvalue weighted by Gasteiger charge is -2.15. The van der Waals surface area contributed by atoms with E-state index in [1.54, 1.807) is 0 Å². The lowest BCUT2D eigenvalue weighted by Crippen LogP contribution is -2.26. The summed E-state index contributed by atoms with van der Waals surface area (Å²) in [4.78, 5) is 11.0. The number of carboxylic acids is 1. The molecule has 1 aromatic carbocycles. The molecule has 0 aromatic heterocycles. The van der Waals surface area contributed by atoms with Gasteiger partial charge in [0, 0.05) is 0 Å². The number of carboxylic acid groups (broad SMARTS) is 1. The van der Waals surface area contributed by atoms with E-state index in [2.05, 4.69) is 0 Å². The average Bonchev–Trinajstić information content (AvgIpc) is 2.37. The fraction of sp³-hybridized carbons (Fsp3) is 0.500. The molecule has 0 saturated carbocycles. The van der Waals surface area contributed by atoms with Crippen molar-refractivity contribution in [2.75, 3.05) is 0 Å². The van der Waals surface area contributed by atoms with Crippen molar-refractivity contribution in [1.82, 2.24) is 0 Å². The van der Waals surface area contributed by atoms with Crippen LogP contribution in [-0.4, -0.2) is 17.2 Å². The molecule has 1 N–H and O–H groups in total. The number of halogens is 3. The van der Waals surface area contributed by atoms with E-state index in [0.29, 0.717) is 12.8 Å². The third-order valence-corrected chi connectivity index (χ3v) is 2.81. The second-order valence-electron chi connectivity index (χ2n) is 4.46. The normalized spacial score (nSPS) is 13.0. The molecule has 0 fully saturated rings. The Labute approximate surface area is 115 Å². The molecule has 3 nitrogen and oxygen atoms in total. The standard InChI is InChI=1S/C14H17F3O3/c1-2-3-4-5-12(13(18)19)20-11-8-6-10(7-9-11)14(15,16)17/h6-9,12H,2-5H2,1H3,(H,18,19). The van der Waals surface area contributed by atoms with Gasteiger partial charge < -0.3 is 9.84 Å². The van der Waals surface area contributed by atoms with E-state index < -0.39 is 23.8 Å². The second kappa shape index (κ2) is 7.17. The van der Waals surface area contributed by atoms with E-state index >= 15 is 0 Å². The highest BCUT2D eigenvalue weighted by atomic mass is 19.4. The van der Waals surface area contributed by atoms with Gasteiger partial charge in [0.25, 0.3) is 0 Å². The fourth-order valence-electron chi connectivity index (χ4n) is 1.70. The summed E-state index contributed by atoms with van der Waals surface area (Å²) < 4.78 is 42.4. The first-order valence-electron chi connectivity index (χ1n) is 6.41. The van der Waals surface area contributed by atoms with Crippen molar-refractivity contribution in [3.63, 3.8) is 0 Å². The summed E-state index contributed by atoms with van der Waals surface area (Å²) in [5.74, 6) is -0.983. The van der Waals surface area contributed by atoms with Crippen LogP contribution in [0, 0.1) is 0 Å². The fourth-order valence-corrected chi connectivity index (χ4v) is 1.70. The lowest BCUT2D eigenvalue weighted by atomic mass is 10.1. The zero-order chi connectivity index (χ0) is 15.2. The van der Waals surface area contributed by atoms with Crippen LogP contribution in [0.5, 0.6) is 5.75 Å². The highest BCUT2D eigenvalue weighted by Crippen LogP contribution is 2.30. The van der Waals surface area contributed by atoms with Gasteiger partial charge in [0.15, 0.2) is 6.10 Å². The average molecular weight is 290 g/mol. The van der Waals surface area contributed by atoms with E-state index in [0.717, 1.165) is 37.1 Å². The van der Waals surface area contributed by atoms with Crippen LogP contribution in [-0.2, 0) is 11.0 Å². The predicted octanol–water partition coefficient (Wildman–Crippen LogP) is 4.12. The van der Waals surface area contributed by atoms with Crippen LogP contribution in [0.1, 0.15) is 38.2 Å². The third kappa shape index (κ3) is 5.11. The highest BCUT2D eigenvalue weighted by Gasteiger charge is 2.30. The number of unbranched alkanes of at least 4 members (excludes halogenated alkanes) is 2. The molecule has 0 aliphatic heterocycles. The number of benzene rings is 1. The molecule has 1 atom stereocenters. The Balaban J connectivity index is 2.67. The van der Waals surface area contributed by atoms with Gasteiger partial charge in [-0.15, -0.1) is 0 Å². The zero-order valence-corrected chi connectivity index (χ0v) is 11.1. The summed E-state index contributed by atoms with van der Waals surface area (Å²) >= 11 is 0. The number of alkyl halides is 3. The van der Waals surface area contributed by atoms with Gasteiger partial charge in [0.2, 0.25) is 0 Å². The van der Waals surface area contributed by atoms with Crippen molar-refractivity contribution < 1.29 is 27.8 Å². The summed E-state index contributed by atoms with van der Waals surface area (Å²) in [6.07, 6.45) is -2.56. The Morgan fingerprint density at radius 2 is 1.85 bits per heavy atom. The van der Waals surface area contributed by atoms with Crippen LogP contribution >= 0.6 is 0 Å². The second-order valence-corrected chi connectivity index (χ2v) is 4.46. The van der Waals surface area contributed by atoms with Gasteiger partial charge in [-0.3, -0.25) is 0 Å². The zero-order valence-electron chi connectivity index (χ0n) is 11.1. The van der Waals surface area contributed by atoms with Crippen LogP contribution < -0.4 is 4.74 Å². The summed E-state index contributed by atoms with van der Waals surface area (Å²) in [6.45, 7) is 1.99. The molecule has 0 saturated heterocycles. The SMILES string of the molecule is CCCCCC(Oc1ccc(C(F)(F)F)cc1)C(=O)O. The molecular formula is C14H17F3O3. The van der Waals surface area contributed by atoms with Gasteiger partial charge in [0.1, 0.15) is 5.75 Å². The van der Waals surface area contributed by atoms with Crippen molar-refractivity contribution in [3.8, 4) is 5.75 Å². The van der Waals surface area contributed by atoms with Crippen LogP contribution in [0.3, 0.4) is 0 Å². The van der Waals surface area contributed by atoms with Gasteiger partial charge in [-0.2, -0.15) is 13.2 Å². The molecule has 1 unspecified atom stereocenters. The quantitative estimate of drug-likeness (QED) is 0.768. The molecule has 0 aliphatic rings. The number of hydrogen-bond acceptors (Lipinski definition) is 2. The molecule has 0 amide bonds. The first-order chi connectivity index (χ1) is 9.34. The number of rotatable bonds is 7. The Bertz CT molecular complexity index is 426. The first kappa shape index (κ1) is 16.3. The number of aliphatic carboxylic acids is 1. The topological polar surface area (TPSA) is 46.5 Å². The van der Waals surface area contributed by atoms with E-state index in [9.17, 15) is 18.0 Å². The van der Waals surface area contributed by atoms with Gasteiger partial charge in [-0.1, -0.05) is 19.8 Å². The minimum atomic E-state index is -4.41. The molecule has 20 heavy (non-hydrogen) atoms. The van der Waals surface area contributed by atoms with E-state index in [-0.39, 0.29) is 5.75 Å². The summed E-state index contributed by atoms with van der Waals surface area (Å²) in [5, 5.41) is 9.01. The maximum absolute atomic E-state index is 12.4. The van der Waals surface area contributed by atoms with E-state index in [4.69, 9.17) is 9.84 Å². The molecule has 0 heterocycles. The molecule has 6 heteroatoms. The number of carbonyl (C=O) groups is 1. The van der Waals surface area contributed by atoms with Crippen LogP contribution in [0.2, 0.25) is 0 Å². The monoisotopic (exact) mass is 290 g/mol. The molecule has 0 bridgehead atoms. The van der Waals surface area contributed by atoms with Crippen molar-refractivity contribution in [2.24, 2.45) is 0 Å². The third-order valence-electron chi connectivity index (χ3n) is 2.81. The maximum Gasteiger partial charge on any atom is 0.416 e. The Kier molecular flexibility index (Phi) is 5.85. The van der Waals surface area contributed by atoms with Gasteiger partial charge in [0.05, 0.1) is 5.56 Å². The number of hydrogen-bond donors (Lipinski definition) is 1. The van der Waals surface area contributed by atoms with E-state index in [1.807, 2.05) is 6.92 Å². The van der Waals surface area contributed by atoms with Gasteiger partial charge in [-0.05, 0) is 37.1 Å². The van der Waals surface area contributed by atoms with Crippen molar-refractivity contribution >= 4 is 5.97 Å². The van der Waals surface area contributed by atoms with Crippen LogP contribution in [0.25, 0.3) is 0 Å². The van der Waals surface area contributed by atoms with Crippen molar-refractivity contribution in [3.05, 3.63) is 29.8 Å². The van der Waals surface area contributed by atoms with Crippen LogP contribution in [0.15, 0.2) is 24.3 Å². The van der Waals surface area contributed by atoms with Gasteiger partial charge in [-0.25, -0.2) is 4.79 Å². The highest BCUT2D eigenvalue weighted by molar-refractivity contribution is 5.72. The minimum Gasteiger partial charge on any atom is -0.479 e. The van der Waals surface area contributed by atoms with Crippen LogP contribution in [0.4, 0.5) is 13.2 Å². The van der Waals surface area contributed by atoms with Gasteiger partial charge >= 0.3 is 12.1 Å². The van der Waals surface area contributed by atoms with E-state index in [1.165, 1.54) is 0 Å². The molecule has 0 aliphatic carbocycles. The lowest BCUT2D eigenvalue weighted by molar-refractivity contribution is -0.145. The van der Waals surface area contributed by atoms with Crippen molar-refractivity contribution in [2.45, 2.75) is 44.9 Å². The maximum atomic E-state index is 12.4. The minimum absolute atomic E-state index is 0.127. The molecule has 0 spiro atoms. The molecule has 1 rings (SSSR count). The Morgan fingerprint density at radius 3 is 2.30 bits per heavy atom. The summed E-state index contributed by atoms with van der Waals surface area (Å²) in [6, 6.07) is 4.03. The first-order valence-corrected chi connectivity index (χ1v) is 6.41. The molecule has 1 aromatic rings. The molecular weight excluding hydrogens is 273 g/mol. The molecule has 0 radical (unpaired) electrons. The predicted molar refractivity (Wildman–Crippen MR) is 67.6 cm³/mol. The van der Waals surface area contributed by atoms with Crippen molar-refractivity contribution in [1.29, 1.82) is 0 Å². The largest absolute Gasteiger partial charge is 0.479 e. The Morgan fingerprint density at radius 1 is 1.25 bits per heavy atom. The summed E-state index contributed by atoms with van der Waals surface area (Å²) in [7, 11) is 0. The summed E-state index contributed by atoms with van der Waals surface area (Å²) in [5.41, 5.74) is -0.789. The molecule has 112 valence electrons. The smallest absolute Gasteiger partial charge is 0.416 e. The Hall–Kier alpha value is -1.72. The number of ether oxygens (including phenoxy) is 1.